The van der Waals surface area contributed by atoms with Crippen molar-refractivity contribution in [3.05, 3.63) is 0 Å². The molecule has 2 aliphatic heterocycles. The minimum absolute atomic E-state index is 0.0686. The van der Waals surface area contributed by atoms with E-state index in [4.69, 9.17) is 5.11 Å². The maximum atomic E-state index is 11.7. The summed E-state index contributed by atoms with van der Waals surface area (Å²) in [6.07, 6.45) is 0.566. The second-order valence-electron chi connectivity index (χ2n) is 3.82. The summed E-state index contributed by atoms with van der Waals surface area (Å²) in [5, 5.41) is 9.34. The molecule has 2 saturated heterocycles. The van der Waals surface area contributed by atoms with Gasteiger partial charge < -0.3 is 10.0 Å². The van der Waals surface area contributed by atoms with Crippen molar-refractivity contribution in [2.24, 2.45) is 0 Å². The number of hydrogen-bond donors (Lipinski definition) is 1. The van der Waals surface area contributed by atoms with Crippen molar-refractivity contribution in [3.63, 3.8) is 0 Å². The van der Waals surface area contributed by atoms with E-state index in [0.29, 0.717) is 13.0 Å². The van der Waals surface area contributed by atoms with Crippen LogP contribution < -0.4 is 0 Å². The highest BCUT2D eigenvalue weighted by atomic mass is 79.9. The fraction of sp³-hybridized carbons (Fsp3) is 0.778. The number of carbonyl (C=O) groups is 2. The van der Waals surface area contributed by atoms with E-state index < -0.39 is 12.0 Å². The Hall–Kier alpha value is 0.120. The normalized spacial score (nSPS) is 27.6. The molecule has 2 fully saturated rings. The van der Waals surface area contributed by atoms with Gasteiger partial charge in [0.2, 0.25) is 5.91 Å². The highest BCUT2D eigenvalue weighted by molar-refractivity contribution is 9.09. The Morgan fingerprint density at radius 2 is 2.06 bits per heavy atom. The first-order chi connectivity index (χ1) is 7.58. The summed E-state index contributed by atoms with van der Waals surface area (Å²) in [7, 11) is 0. The summed E-state index contributed by atoms with van der Waals surface area (Å²) in [5.74, 6) is 1.08. The Balaban J connectivity index is 2.17. The topological polar surface area (TPSA) is 57.6 Å². The lowest BCUT2D eigenvalue weighted by molar-refractivity contribution is -0.147. The van der Waals surface area contributed by atoms with Crippen LogP contribution in [0.25, 0.3) is 0 Å². The Bertz CT molecular complexity index is 320. The molecule has 0 bridgehead atoms. The molecule has 0 aliphatic carbocycles. The van der Waals surface area contributed by atoms with Gasteiger partial charge >= 0.3 is 5.97 Å². The SMILES string of the molecule is O=C(O)[C@@H]1CC2(CN1C(=O)CBr)SCCS2. The standard InChI is InChI=1S/C9H12BrNO3S2/c10-4-7(12)11-5-9(15-1-2-16-9)3-6(11)8(13)14/h6H,1-5H2,(H,13,14)/t6-/m0/s1. The van der Waals surface area contributed by atoms with E-state index in [1.807, 2.05) is 0 Å². The first kappa shape index (κ1) is 12.6. The molecule has 4 nitrogen and oxygen atoms in total. The van der Waals surface area contributed by atoms with Crippen molar-refractivity contribution in [1.29, 1.82) is 0 Å². The van der Waals surface area contributed by atoms with E-state index in [1.165, 1.54) is 4.90 Å². The molecule has 1 amide bonds. The van der Waals surface area contributed by atoms with Crippen LogP contribution >= 0.6 is 39.5 Å². The van der Waals surface area contributed by atoms with E-state index >= 15 is 0 Å². The average Bonchev–Trinajstić information content (AvgIpc) is 2.86. The third kappa shape index (κ3) is 2.22. The molecule has 0 radical (unpaired) electrons. The number of amides is 1. The monoisotopic (exact) mass is 325 g/mol. The van der Waals surface area contributed by atoms with Crippen LogP contribution in [0.4, 0.5) is 0 Å². The number of carboxylic acids is 1. The third-order valence-corrected chi connectivity index (χ3v) is 6.73. The van der Waals surface area contributed by atoms with Crippen LogP contribution in [0.5, 0.6) is 0 Å². The number of aliphatic carboxylic acids is 1. The minimum Gasteiger partial charge on any atom is -0.480 e. The fourth-order valence-corrected chi connectivity index (χ4v) is 5.68. The van der Waals surface area contributed by atoms with Gasteiger partial charge in [0.15, 0.2) is 0 Å². The molecule has 90 valence electrons. The van der Waals surface area contributed by atoms with Crippen molar-refractivity contribution in [2.75, 3.05) is 23.4 Å². The van der Waals surface area contributed by atoms with E-state index in [-0.39, 0.29) is 15.3 Å². The predicted octanol–water partition coefficient (Wildman–Crippen LogP) is 1.24. The van der Waals surface area contributed by atoms with Crippen LogP contribution in [0, 0.1) is 0 Å². The number of nitrogens with zero attached hydrogens (tertiary/aromatic N) is 1. The average molecular weight is 326 g/mol. The number of halogens is 1. The van der Waals surface area contributed by atoms with Crippen molar-refractivity contribution in [3.8, 4) is 0 Å². The van der Waals surface area contributed by atoms with E-state index in [9.17, 15) is 9.59 Å². The lowest BCUT2D eigenvalue weighted by Gasteiger charge is -2.22. The molecular weight excluding hydrogens is 314 g/mol. The molecule has 2 aliphatic rings. The zero-order chi connectivity index (χ0) is 11.8. The summed E-state index contributed by atoms with van der Waals surface area (Å²) >= 11 is 6.69. The van der Waals surface area contributed by atoms with Gasteiger partial charge in [-0.05, 0) is 0 Å². The Labute approximate surface area is 111 Å². The molecule has 1 atom stereocenters. The van der Waals surface area contributed by atoms with Gasteiger partial charge in [-0.2, -0.15) is 0 Å². The van der Waals surface area contributed by atoms with Crippen LogP contribution in [0.3, 0.4) is 0 Å². The number of likely N-dealkylation sites (tertiary alicyclic amines) is 1. The predicted molar refractivity (Wildman–Crippen MR) is 69.2 cm³/mol. The molecule has 1 N–H and O–H groups in total. The number of hydrogen-bond acceptors (Lipinski definition) is 4. The van der Waals surface area contributed by atoms with E-state index in [2.05, 4.69) is 15.9 Å². The molecule has 0 unspecified atom stereocenters. The van der Waals surface area contributed by atoms with Crippen LogP contribution in [0.2, 0.25) is 0 Å². The molecule has 0 saturated carbocycles. The Morgan fingerprint density at radius 1 is 1.44 bits per heavy atom. The van der Waals surface area contributed by atoms with E-state index in [1.54, 1.807) is 23.5 Å². The van der Waals surface area contributed by atoms with Gasteiger partial charge in [0, 0.05) is 24.5 Å². The van der Waals surface area contributed by atoms with Gasteiger partial charge in [-0.1, -0.05) is 15.9 Å². The molecule has 2 heterocycles. The molecule has 0 aromatic heterocycles. The molecule has 7 heteroatoms. The van der Waals surface area contributed by atoms with Crippen LogP contribution in [0.15, 0.2) is 0 Å². The molecule has 1 spiro atoms. The number of alkyl halides is 1. The summed E-state index contributed by atoms with van der Waals surface area (Å²) in [4.78, 5) is 24.3. The van der Waals surface area contributed by atoms with Crippen molar-refractivity contribution < 1.29 is 14.7 Å². The van der Waals surface area contributed by atoms with Crippen molar-refractivity contribution in [1.82, 2.24) is 4.90 Å². The number of carbonyl (C=O) groups excluding carboxylic acids is 1. The summed E-state index contributed by atoms with van der Waals surface area (Å²) in [6, 6.07) is -0.650. The van der Waals surface area contributed by atoms with E-state index in [0.717, 1.165) is 11.5 Å². The lowest BCUT2D eigenvalue weighted by atomic mass is 10.2. The zero-order valence-corrected chi connectivity index (χ0v) is 11.7. The smallest absolute Gasteiger partial charge is 0.326 e. The molecule has 0 aromatic rings. The van der Waals surface area contributed by atoms with Gasteiger partial charge in [-0.3, -0.25) is 4.79 Å². The van der Waals surface area contributed by atoms with Gasteiger partial charge in [0.1, 0.15) is 6.04 Å². The fourth-order valence-electron chi connectivity index (χ4n) is 2.10. The van der Waals surface area contributed by atoms with Gasteiger partial charge in [-0.25, -0.2) is 4.79 Å². The summed E-state index contributed by atoms with van der Waals surface area (Å²) < 4.78 is -0.0686. The summed E-state index contributed by atoms with van der Waals surface area (Å²) in [6.45, 7) is 0.559. The molecule has 16 heavy (non-hydrogen) atoms. The Morgan fingerprint density at radius 3 is 2.56 bits per heavy atom. The van der Waals surface area contributed by atoms with Crippen LogP contribution in [-0.2, 0) is 9.59 Å². The zero-order valence-electron chi connectivity index (χ0n) is 8.52. The highest BCUT2D eigenvalue weighted by Gasteiger charge is 2.50. The second kappa shape index (κ2) is 4.78. The van der Waals surface area contributed by atoms with Crippen LogP contribution in [-0.4, -0.2) is 55.4 Å². The van der Waals surface area contributed by atoms with Gasteiger partial charge in [0.05, 0.1) is 9.41 Å². The lowest BCUT2D eigenvalue weighted by Crippen LogP contribution is -2.41. The maximum Gasteiger partial charge on any atom is 0.326 e. The van der Waals surface area contributed by atoms with Gasteiger partial charge in [0.25, 0.3) is 0 Å². The largest absolute Gasteiger partial charge is 0.480 e. The number of rotatable bonds is 2. The number of carboxylic acid groups (broad SMARTS) is 1. The van der Waals surface area contributed by atoms with Crippen LogP contribution in [0.1, 0.15) is 6.42 Å². The second-order valence-corrected chi connectivity index (χ2v) is 7.60. The number of thioether (sulfide) groups is 2. The molecular formula is C9H12BrNO3S2. The maximum absolute atomic E-state index is 11.7. The highest BCUT2D eigenvalue weighted by Crippen LogP contribution is 2.51. The first-order valence-electron chi connectivity index (χ1n) is 4.94. The molecule has 0 aromatic carbocycles. The quantitative estimate of drug-likeness (QED) is 0.774. The third-order valence-electron chi connectivity index (χ3n) is 2.83. The van der Waals surface area contributed by atoms with Gasteiger partial charge in [-0.15, -0.1) is 23.5 Å². The Kier molecular flexibility index (Phi) is 3.75. The minimum atomic E-state index is -0.890. The molecule has 2 rings (SSSR count). The van der Waals surface area contributed by atoms with Crippen molar-refractivity contribution >= 4 is 51.3 Å². The van der Waals surface area contributed by atoms with Crippen molar-refractivity contribution in [2.45, 2.75) is 16.5 Å². The summed E-state index contributed by atoms with van der Waals surface area (Å²) in [5.41, 5.74) is 0. The first-order valence-corrected chi connectivity index (χ1v) is 8.03.